The smallest absolute Gasteiger partial charge is 0.272 e. The third kappa shape index (κ3) is 4.81. The molecule has 2 aromatic rings. The third-order valence-electron chi connectivity index (χ3n) is 3.11. The van der Waals surface area contributed by atoms with Crippen LogP contribution in [0, 0.1) is 0 Å². The van der Waals surface area contributed by atoms with Crippen molar-refractivity contribution in [3.05, 3.63) is 21.8 Å². The normalized spacial score (nSPS) is 11.8. The molecule has 0 unspecified atom stereocenters. The maximum atomic E-state index is 12.6. The van der Waals surface area contributed by atoms with Crippen molar-refractivity contribution in [1.29, 1.82) is 0 Å². The summed E-state index contributed by atoms with van der Waals surface area (Å²) in [6.45, 7) is 8.57. The SMILES string of the molecule is CCCCn1c(SCC(=O)NC(C)(C)C)nc2ccsc2c1=O. The van der Waals surface area contributed by atoms with Crippen molar-refractivity contribution in [2.24, 2.45) is 0 Å². The van der Waals surface area contributed by atoms with E-state index in [0.717, 1.165) is 12.8 Å². The standard InChI is InChI=1S/C16H23N3O2S2/c1-5-6-8-19-14(21)13-11(7-9-22-13)17-15(19)23-10-12(20)18-16(2,3)4/h7,9H,5-6,8,10H2,1-4H3,(H,18,20). The van der Waals surface area contributed by atoms with E-state index in [-0.39, 0.29) is 22.8 Å². The first-order valence-corrected chi connectivity index (χ1v) is 9.60. The number of aromatic nitrogens is 2. The summed E-state index contributed by atoms with van der Waals surface area (Å²) < 4.78 is 2.39. The van der Waals surface area contributed by atoms with Gasteiger partial charge in [-0.15, -0.1) is 11.3 Å². The number of hydrogen-bond acceptors (Lipinski definition) is 5. The quantitative estimate of drug-likeness (QED) is 0.639. The van der Waals surface area contributed by atoms with E-state index < -0.39 is 0 Å². The summed E-state index contributed by atoms with van der Waals surface area (Å²) in [5.41, 5.74) is 0.452. The maximum absolute atomic E-state index is 12.6. The Balaban J connectivity index is 2.24. The van der Waals surface area contributed by atoms with Crippen LogP contribution in [0.25, 0.3) is 10.2 Å². The van der Waals surface area contributed by atoms with Crippen LogP contribution in [0.5, 0.6) is 0 Å². The van der Waals surface area contributed by atoms with Gasteiger partial charge in [0.25, 0.3) is 5.56 Å². The average molecular weight is 354 g/mol. The summed E-state index contributed by atoms with van der Waals surface area (Å²) in [7, 11) is 0. The highest BCUT2D eigenvalue weighted by Crippen LogP contribution is 2.21. The summed E-state index contributed by atoms with van der Waals surface area (Å²) in [6.07, 6.45) is 1.92. The monoisotopic (exact) mass is 353 g/mol. The first-order valence-electron chi connectivity index (χ1n) is 7.73. The Bertz CT molecular complexity index is 744. The van der Waals surface area contributed by atoms with Gasteiger partial charge < -0.3 is 5.32 Å². The predicted octanol–water partition coefficient (Wildman–Crippen LogP) is 3.26. The molecule has 0 radical (unpaired) electrons. The topological polar surface area (TPSA) is 64.0 Å². The zero-order valence-corrected chi connectivity index (χ0v) is 15.6. The van der Waals surface area contributed by atoms with Crippen LogP contribution < -0.4 is 10.9 Å². The lowest BCUT2D eigenvalue weighted by molar-refractivity contribution is -0.119. The van der Waals surface area contributed by atoms with E-state index >= 15 is 0 Å². The molecule has 2 heterocycles. The Morgan fingerprint density at radius 3 is 2.83 bits per heavy atom. The van der Waals surface area contributed by atoms with Gasteiger partial charge >= 0.3 is 0 Å². The molecular weight excluding hydrogens is 330 g/mol. The van der Waals surface area contributed by atoms with E-state index in [1.54, 1.807) is 4.57 Å². The van der Waals surface area contributed by atoms with Crippen molar-refractivity contribution in [3.63, 3.8) is 0 Å². The Labute approximate surface area is 144 Å². The molecule has 5 nitrogen and oxygen atoms in total. The van der Waals surface area contributed by atoms with Gasteiger partial charge in [0.1, 0.15) is 4.70 Å². The number of unbranched alkanes of at least 4 members (excludes halogenated alkanes) is 1. The highest BCUT2D eigenvalue weighted by molar-refractivity contribution is 7.99. The molecule has 126 valence electrons. The lowest BCUT2D eigenvalue weighted by Crippen LogP contribution is -2.41. The van der Waals surface area contributed by atoms with Crippen LogP contribution in [0.1, 0.15) is 40.5 Å². The summed E-state index contributed by atoms with van der Waals surface area (Å²) in [5, 5.41) is 5.43. The van der Waals surface area contributed by atoms with Crippen LogP contribution in [0.4, 0.5) is 0 Å². The number of carbonyl (C=O) groups is 1. The van der Waals surface area contributed by atoms with Gasteiger partial charge in [-0.25, -0.2) is 4.98 Å². The second-order valence-electron chi connectivity index (χ2n) is 6.43. The number of carbonyl (C=O) groups excluding carboxylic acids is 1. The van der Waals surface area contributed by atoms with Crippen LogP contribution in [-0.4, -0.2) is 26.8 Å². The number of thioether (sulfide) groups is 1. The molecule has 23 heavy (non-hydrogen) atoms. The Morgan fingerprint density at radius 1 is 1.43 bits per heavy atom. The lowest BCUT2D eigenvalue weighted by atomic mass is 10.1. The number of fused-ring (bicyclic) bond motifs is 1. The Hall–Kier alpha value is -1.34. The molecule has 0 saturated heterocycles. The van der Waals surface area contributed by atoms with Gasteiger partial charge in [-0.05, 0) is 38.6 Å². The molecule has 2 aromatic heterocycles. The molecule has 0 fully saturated rings. The van der Waals surface area contributed by atoms with E-state index in [1.165, 1.54) is 23.1 Å². The van der Waals surface area contributed by atoms with Crippen LogP contribution >= 0.6 is 23.1 Å². The Morgan fingerprint density at radius 2 is 2.17 bits per heavy atom. The Kier molecular flexibility index (Phi) is 5.86. The maximum Gasteiger partial charge on any atom is 0.272 e. The summed E-state index contributed by atoms with van der Waals surface area (Å²) in [5.74, 6) is 0.204. The molecule has 0 aromatic carbocycles. The van der Waals surface area contributed by atoms with E-state index in [0.29, 0.717) is 21.9 Å². The molecule has 0 aliphatic rings. The number of amides is 1. The van der Waals surface area contributed by atoms with Gasteiger partial charge in [0.15, 0.2) is 5.16 Å². The van der Waals surface area contributed by atoms with Crippen molar-refractivity contribution in [3.8, 4) is 0 Å². The predicted molar refractivity (Wildman–Crippen MR) is 97.4 cm³/mol. The van der Waals surface area contributed by atoms with Gasteiger partial charge in [0.2, 0.25) is 5.91 Å². The number of hydrogen-bond donors (Lipinski definition) is 1. The van der Waals surface area contributed by atoms with E-state index in [2.05, 4.69) is 17.2 Å². The molecule has 0 aliphatic carbocycles. The fourth-order valence-corrected chi connectivity index (χ4v) is 3.74. The fraction of sp³-hybridized carbons (Fsp3) is 0.562. The summed E-state index contributed by atoms with van der Waals surface area (Å²) in [6, 6.07) is 1.85. The van der Waals surface area contributed by atoms with Crippen molar-refractivity contribution in [2.75, 3.05) is 5.75 Å². The minimum absolute atomic E-state index is 0.00261. The highest BCUT2D eigenvalue weighted by atomic mass is 32.2. The summed E-state index contributed by atoms with van der Waals surface area (Å²) in [4.78, 5) is 29.2. The molecule has 0 spiro atoms. The van der Waals surface area contributed by atoms with Gasteiger partial charge in [0.05, 0.1) is 11.3 Å². The molecule has 0 saturated carbocycles. The van der Waals surface area contributed by atoms with Crippen molar-refractivity contribution < 1.29 is 4.79 Å². The summed E-state index contributed by atoms with van der Waals surface area (Å²) >= 11 is 2.74. The van der Waals surface area contributed by atoms with Crippen molar-refractivity contribution in [1.82, 2.24) is 14.9 Å². The van der Waals surface area contributed by atoms with Gasteiger partial charge in [-0.2, -0.15) is 0 Å². The molecule has 2 rings (SSSR count). The van der Waals surface area contributed by atoms with Gasteiger partial charge in [0, 0.05) is 12.1 Å². The van der Waals surface area contributed by atoms with E-state index in [9.17, 15) is 9.59 Å². The first kappa shape index (κ1) is 18.0. The van der Waals surface area contributed by atoms with E-state index in [1.807, 2.05) is 32.2 Å². The third-order valence-corrected chi connectivity index (χ3v) is 4.98. The second-order valence-corrected chi connectivity index (χ2v) is 8.29. The fourth-order valence-electron chi connectivity index (χ4n) is 2.13. The van der Waals surface area contributed by atoms with Crippen LogP contribution in [0.15, 0.2) is 21.4 Å². The van der Waals surface area contributed by atoms with Crippen LogP contribution in [0.3, 0.4) is 0 Å². The molecule has 0 atom stereocenters. The van der Waals surface area contributed by atoms with Gasteiger partial charge in [-0.3, -0.25) is 14.2 Å². The lowest BCUT2D eigenvalue weighted by Gasteiger charge is -2.20. The molecule has 0 bridgehead atoms. The largest absolute Gasteiger partial charge is 0.351 e. The number of thiophene rings is 1. The van der Waals surface area contributed by atoms with Crippen molar-refractivity contribution >= 4 is 39.2 Å². The van der Waals surface area contributed by atoms with Crippen LogP contribution in [0.2, 0.25) is 0 Å². The molecule has 7 heteroatoms. The molecule has 1 N–H and O–H groups in total. The molecule has 1 amide bonds. The van der Waals surface area contributed by atoms with Gasteiger partial charge in [-0.1, -0.05) is 25.1 Å². The molecule has 0 aliphatic heterocycles. The van der Waals surface area contributed by atoms with Crippen molar-refractivity contribution in [2.45, 2.75) is 57.8 Å². The highest BCUT2D eigenvalue weighted by Gasteiger charge is 2.17. The number of nitrogens with zero attached hydrogens (tertiary/aromatic N) is 2. The van der Waals surface area contributed by atoms with E-state index in [4.69, 9.17) is 0 Å². The number of rotatable bonds is 6. The minimum atomic E-state index is -0.260. The number of nitrogens with one attached hydrogen (secondary N) is 1. The zero-order valence-electron chi connectivity index (χ0n) is 14.0. The minimum Gasteiger partial charge on any atom is -0.351 e. The second kappa shape index (κ2) is 7.49. The van der Waals surface area contributed by atoms with Crippen LogP contribution in [-0.2, 0) is 11.3 Å². The average Bonchev–Trinajstić information content (AvgIpc) is 2.91. The first-order chi connectivity index (χ1) is 10.8. The molecular formula is C16H23N3O2S2. The zero-order chi connectivity index (χ0) is 17.0.